The van der Waals surface area contributed by atoms with Crippen LogP contribution in [0.1, 0.15) is 44.2 Å². The zero-order valence-corrected chi connectivity index (χ0v) is 25.8. The number of fused-ring (bicyclic) bond motifs is 3. The summed E-state index contributed by atoms with van der Waals surface area (Å²) in [6.07, 6.45) is 10.3. The van der Waals surface area contributed by atoms with Crippen molar-refractivity contribution in [1.82, 2.24) is 24.3 Å². The van der Waals surface area contributed by atoms with Crippen LogP contribution in [0.5, 0.6) is 0 Å². The van der Waals surface area contributed by atoms with E-state index < -0.39 is 5.41 Å². The Hall–Kier alpha value is -4.74. The number of rotatable bonds is 5. The molecule has 0 radical (unpaired) electrons. The van der Waals surface area contributed by atoms with Gasteiger partial charge in [0.1, 0.15) is 0 Å². The molecule has 8 heteroatoms. The maximum absolute atomic E-state index is 13.6. The lowest BCUT2D eigenvalue weighted by atomic mass is 9.86. The number of likely N-dealkylation sites (tertiary alicyclic amines) is 1. The van der Waals surface area contributed by atoms with E-state index in [0.29, 0.717) is 6.42 Å². The molecule has 1 atom stereocenters. The zero-order chi connectivity index (χ0) is 31.2. The summed E-state index contributed by atoms with van der Waals surface area (Å²) in [6, 6.07) is 16.2. The summed E-state index contributed by atoms with van der Waals surface area (Å²) < 4.78 is 3.33. The molecule has 1 aliphatic heterocycles. The zero-order valence-electron chi connectivity index (χ0n) is 25.8. The number of allylic oxidation sites excluding steroid dienone is 3. The lowest BCUT2D eigenvalue weighted by Crippen LogP contribution is -2.45. The van der Waals surface area contributed by atoms with Crippen LogP contribution in [0.3, 0.4) is 0 Å². The van der Waals surface area contributed by atoms with Gasteiger partial charge in [-0.05, 0) is 94.2 Å². The lowest BCUT2D eigenvalue weighted by molar-refractivity contribution is -0.123. The summed E-state index contributed by atoms with van der Waals surface area (Å²) in [5, 5.41) is 13.7. The van der Waals surface area contributed by atoms with Crippen LogP contribution in [0.4, 0.5) is 0 Å². The van der Waals surface area contributed by atoms with Gasteiger partial charge in [0.15, 0.2) is 0 Å². The first-order valence-corrected chi connectivity index (χ1v) is 15.1. The van der Waals surface area contributed by atoms with Crippen molar-refractivity contribution in [3.63, 3.8) is 0 Å². The Kier molecular flexibility index (Phi) is 7.60. The minimum Gasteiger partial charge on any atom is -0.352 e. The highest BCUT2D eigenvalue weighted by Crippen LogP contribution is 2.32. The molecule has 1 unspecified atom stereocenters. The van der Waals surface area contributed by atoms with Crippen LogP contribution in [0.2, 0.25) is 0 Å². The van der Waals surface area contributed by atoms with Gasteiger partial charge in [0.25, 0.3) is 0 Å². The number of nitriles is 1. The molecule has 8 nitrogen and oxygen atoms in total. The number of carbonyl (C=O) groups excluding carboxylic acids is 1. The fourth-order valence-corrected chi connectivity index (χ4v) is 6.21. The van der Waals surface area contributed by atoms with Crippen molar-refractivity contribution in [2.45, 2.75) is 44.6 Å². The van der Waals surface area contributed by atoms with Gasteiger partial charge in [-0.15, -0.1) is 0 Å². The number of nitrogens with zero attached hydrogens (tertiary/aromatic N) is 5. The van der Waals surface area contributed by atoms with Crippen LogP contribution in [0.25, 0.3) is 33.2 Å². The lowest BCUT2D eigenvalue weighted by Gasteiger charge is -2.30. The van der Waals surface area contributed by atoms with E-state index in [4.69, 9.17) is 0 Å². The van der Waals surface area contributed by atoms with E-state index in [1.54, 1.807) is 22.4 Å². The molecule has 2 aliphatic rings. The molecule has 1 amide bonds. The number of aryl methyl sites for hydroxylation is 1. The second kappa shape index (κ2) is 11.4. The van der Waals surface area contributed by atoms with Crippen molar-refractivity contribution in [2.24, 2.45) is 13.0 Å². The molecule has 224 valence electrons. The van der Waals surface area contributed by atoms with Gasteiger partial charge in [0.2, 0.25) is 5.91 Å². The summed E-state index contributed by atoms with van der Waals surface area (Å²) in [7, 11) is 3.87. The molecular formula is C36H38N6O2. The van der Waals surface area contributed by atoms with E-state index in [0.717, 1.165) is 75.8 Å². The molecule has 1 N–H and O–H groups in total. The topological polar surface area (TPSA) is 96.0 Å². The highest BCUT2D eigenvalue weighted by Gasteiger charge is 2.25. The van der Waals surface area contributed by atoms with E-state index in [2.05, 4.69) is 47.0 Å². The normalized spacial score (nSPS) is 18.3. The second-order valence-corrected chi connectivity index (χ2v) is 12.6. The summed E-state index contributed by atoms with van der Waals surface area (Å²) in [6.45, 7) is 9.98. The van der Waals surface area contributed by atoms with Crippen LogP contribution in [-0.4, -0.2) is 51.1 Å². The number of pyridine rings is 1. The number of hydrogen-bond donors (Lipinski definition) is 1. The van der Waals surface area contributed by atoms with Gasteiger partial charge in [-0.1, -0.05) is 48.6 Å². The highest BCUT2D eigenvalue weighted by atomic mass is 16.2. The van der Waals surface area contributed by atoms with E-state index in [9.17, 15) is 14.9 Å². The predicted octanol–water partition coefficient (Wildman–Crippen LogP) is 5.40. The molecule has 44 heavy (non-hydrogen) atoms. The van der Waals surface area contributed by atoms with Gasteiger partial charge in [-0.2, -0.15) is 5.26 Å². The van der Waals surface area contributed by atoms with Crippen molar-refractivity contribution < 1.29 is 4.79 Å². The van der Waals surface area contributed by atoms with Crippen molar-refractivity contribution in [2.75, 3.05) is 20.1 Å². The van der Waals surface area contributed by atoms with Crippen LogP contribution in [0.15, 0.2) is 83.8 Å². The minimum atomic E-state index is -0.633. The first-order chi connectivity index (χ1) is 21.1. The SMILES string of the molecule is C=C1CC=C(c2ccc3ncc4c(c3c2)n(-c2ccc(C(C)(C)C#N)cc2)c(=O)n4C)C=CC1C(=O)NC1CCN(C)CC1. The number of piperidine rings is 1. The van der Waals surface area contributed by atoms with Crippen LogP contribution < -0.4 is 11.0 Å². The maximum atomic E-state index is 13.6. The maximum Gasteiger partial charge on any atom is 0.333 e. The Bertz CT molecular complexity index is 1940. The third kappa shape index (κ3) is 5.29. The fourth-order valence-electron chi connectivity index (χ4n) is 6.21. The summed E-state index contributed by atoms with van der Waals surface area (Å²) in [5.74, 6) is -0.372. The number of amides is 1. The van der Waals surface area contributed by atoms with E-state index in [1.165, 1.54) is 0 Å². The largest absolute Gasteiger partial charge is 0.352 e. The minimum absolute atomic E-state index is 0.0114. The fraction of sp³-hybridized carbons (Fsp3) is 0.333. The van der Waals surface area contributed by atoms with Gasteiger partial charge in [0, 0.05) is 18.5 Å². The molecular weight excluding hydrogens is 548 g/mol. The molecule has 3 heterocycles. The predicted molar refractivity (Wildman–Crippen MR) is 175 cm³/mol. The van der Waals surface area contributed by atoms with E-state index >= 15 is 0 Å². The number of imidazole rings is 1. The Morgan fingerprint density at radius 1 is 1.11 bits per heavy atom. The molecule has 6 rings (SSSR count). The average Bonchev–Trinajstić information content (AvgIpc) is 3.14. The van der Waals surface area contributed by atoms with Gasteiger partial charge < -0.3 is 10.2 Å². The molecule has 0 spiro atoms. The van der Waals surface area contributed by atoms with Crippen LogP contribution in [0, 0.1) is 17.2 Å². The first kappa shape index (κ1) is 29.3. The molecule has 4 aromatic rings. The van der Waals surface area contributed by atoms with E-state index in [1.807, 2.05) is 62.4 Å². The summed E-state index contributed by atoms with van der Waals surface area (Å²) >= 11 is 0. The molecule has 1 aliphatic carbocycles. The third-order valence-corrected chi connectivity index (χ3v) is 9.18. The van der Waals surface area contributed by atoms with Crippen LogP contribution in [-0.2, 0) is 17.3 Å². The standard InChI is InChI=1S/C36H38N6O2/c1-23-6-7-24(8-14-29(23)34(43)39-27-16-18-40(4)19-17-27)25-9-15-31-30(20-25)33-32(21-38-31)41(5)35(44)42(33)28-12-10-26(11-13-28)36(2,3)22-37/h7-15,20-21,27,29H,1,6,16-19H2,2-5H3,(H,39,43). The number of nitrogens with one attached hydrogen (secondary N) is 1. The van der Waals surface area contributed by atoms with E-state index in [-0.39, 0.29) is 23.6 Å². The Morgan fingerprint density at radius 3 is 2.55 bits per heavy atom. The third-order valence-electron chi connectivity index (χ3n) is 9.18. The monoisotopic (exact) mass is 586 g/mol. The van der Waals surface area contributed by atoms with Gasteiger partial charge in [-0.25, -0.2) is 4.79 Å². The van der Waals surface area contributed by atoms with Crippen molar-refractivity contribution in [3.05, 3.63) is 101 Å². The summed E-state index contributed by atoms with van der Waals surface area (Å²) in [4.78, 5) is 33.8. The van der Waals surface area contributed by atoms with Gasteiger partial charge >= 0.3 is 5.69 Å². The smallest absolute Gasteiger partial charge is 0.333 e. The Morgan fingerprint density at radius 2 is 1.84 bits per heavy atom. The molecule has 1 saturated heterocycles. The second-order valence-electron chi connectivity index (χ2n) is 12.6. The highest BCUT2D eigenvalue weighted by molar-refractivity contribution is 6.04. The van der Waals surface area contributed by atoms with Gasteiger partial charge in [-0.3, -0.25) is 18.9 Å². The first-order valence-electron chi connectivity index (χ1n) is 15.1. The molecule has 2 aromatic carbocycles. The quantitative estimate of drug-likeness (QED) is 0.316. The number of benzene rings is 2. The molecule has 1 fully saturated rings. The number of carbonyl (C=O) groups is 1. The molecule has 0 bridgehead atoms. The van der Waals surface area contributed by atoms with Crippen molar-refractivity contribution >= 4 is 33.4 Å². The summed E-state index contributed by atoms with van der Waals surface area (Å²) in [5.41, 5.74) is 5.92. The Labute approximate surface area is 257 Å². The molecule has 2 aromatic heterocycles. The molecule has 0 saturated carbocycles. The van der Waals surface area contributed by atoms with Crippen molar-refractivity contribution in [1.29, 1.82) is 5.26 Å². The van der Waals surface area contributed by atoms with Crippen LogP contribution >= 0.6 is 0 Å². The Balaban J connectivity index is 1.36. The van der Waals surface area contributed by atoms with Crippen molar-refractivity contribution in [3.8, 4) is 11.8 Å². The average molecular weight is 587 g/mol. The number of aromatic nitrogens is 3. The van der Waals surface area contributed by atoms with Gasteiger partial charge in [0.05, 0.1) is 45.8 Å². The number of hydrogen-bond acceptors (Lipinski definition) is 5.